The SMILES string of the molecule is COc1ccc(-c2ccc(NCc3cc(=O)cc(CO)o3)cc2)cc1F. The summed E-state index contributed by atoms with van der Waals surface area (Å²) in [6, 6.07) is 14.9. The molecule has 0 fully saturated rings. The van der Waals surface area contributed by atoms with Gasteiger partial charge in [0, 0.05) is 17.8 Å². The predicted molar refractivity (Wildman–Crippen MR) is 96.6 cm³/mol. The smallest absolute Gasteiger partial charge is 0.185 e. The summed E-state index contributed by atoms with van der Waals surface area (Å²) in [6.45, 7) is -0.0181. The number of ether oxygens (including phenoxy) is 1. The molecule has 2 N–H and O–H groups in total. The Morgan fingerprint density at radius 3 is 2.38 bits per heavy atom. The molecule has 6 heteroatoms. The predicted octanol–water partition coefficient (Wildman–Crippen LogP) is 3.56. The van der Waals surface area contributed by atoms with Crippen molar-refractivity contribution in [2.75, 3.05) is 12.4 Å². The Balaban J connectivity index is 1.71. The molecule has 0 aliphatic carbocycles. The third-order valence-corrected chi connectivity index (χ3v) is 3.86. The van der Waals surface area contributed by atoms with Crippen molar-refractivity contribution in [3.05, 3.63) is 82.2 Å². The Labute approximate surface area is 149 Å². The van der Waals surface area contributed by atoms with E-state index in [1.54, 1.807) is 12.1 Å². The van der Waals surface area contributed by atoms with Crippen molar-refractivity contribution in [3.63, 3.8) is 0 Å². The number of benzene rings is 2. The molecule has 0 saturated carbocycles. The monoisotopic (exact) mass is 355 g/mol. The highest BCUT2D eigenvalue weighted by molar-refractivity contribution is 5.66. The number of hydrogen-bond acceptors (Lipinski definition) is 5. The van der Waals surface area contributed by atoms with Crippen LogP contribution < -0.4 is 15.5 Å². The molecular weight excluding hydrogens is 337 g/mol. The first-order chi connectivity index (χ1) is 12.6. The molecule has 26 heavy (non-hydrogen) atoms. The largest absolute Gasteiger partial charge is 0.494 e. The van der Waals surface area contributed by atoms with E-state index in [2.05, 4.69) is 5.32 Å². The van der Waals surface area contributed by atoms with Crippen LogP contribution >= 0.6 is 0 Å². The van der Waals surface area contributed by atoms with Crippen LogP contribution in [0.4, 0.5) is 10.1 Å². The summed E-state index contributed by atoms with van der Waals surface area (Å²) in [7, 11) is 1.43. The van der Waals surface area contributed by atoms with Crippen LogP contribution in [0.1, 0.15) is 11.5 Å². The quantitative estimate of drug-likeness (QED) is 0.707. The minimum absolute atomic E-state index is 0.207. The van der Waals surface area contributed by atoms with E-state index < -0.39 is 5.82 Å². The molecule has 5 nitrogen and oxygen atoms in total. The number of anilines is 1. The number of halogens is 1. The van der Waals surface area contributed by atoms with Crippen molar-refractivity contribution in [2.45, 2.75) is 13.2 Å². The van der Waals surface area contributed by atoms with Gasteiger partial charge in [0.15, 0.2) is 17.0 Å². The highest BCUT2D eigenvalue weighted by Gasteiger charge is 2.06. The van der Waals surface area contributed by atoms with Crippen LogP contribution in [0.5, 0.6) is 5.75 Å². The van der Waals surface area contributed by atoms with Crippen molar-refractivity contribution in [3.8, 4) is 16.9 Å². The second-order valence-corrected chi connectivity index (χ2v) is 5.66. The number of methoxy groups -OCH3 is 1. The van der Waals surface area contributed by atoms with Gasteiger partial charge < -0.3 is 19.6 Å². The van der Waals surface area contributed by atoms with Crippen molar-refractivity contribution >= 4 is 5.69 Å². The second kappa shape index (κ2) is 7.84. The topological polar surface area (TPSA) is 71.7 Å². The molecule has 0 atom stereocenters. The Hall–Kier alpha value is -3.12. The first-order valence-corrected chi connectivity index (χ1v) is 8.00. The molecule has 0 unspecified atom stereocenters. The fourth-order valence-corrected chi connectivity index (χ4v) is 2.57. The van der Waals surface area contributed by atoms with E-state index in [0.29, 0.717) is 12.3 Å². The summed E-state index contributed by atoms with van der Waals surface area (Å²) in [5.74, 6) is 0.457. The zero-order valence-electron chi connectivity index (χ0n) is 14.2. The lowest BCUT2D eigenvalue weighted by molar-refractivity contribution is 0.239. The molecule has 1 heterocycles. The second-order valence-electron chi connectivity index (χ2n) is 5.66. The van der Waals surface area contributed by atoms with Crippen molar-refractivity contribution in [1.82, 2.24) is 0 Å². The highest BCUT2D eigenvalue weighted by Crippen LogP contribution is 2.26. The van der Waals surface area contributed by atoms with E-state index in [-0.39, 0.29) is 23.5 Å². The van der Waals surface area contributed by atoms with Gasteiger partial charge in [-0.2, -0.15) is 0 Å². The number of aliphatic hydroxyl groups excluding tert-OH is 1. The minimum atomic E-state index is -0.411. The Morgan fingerprint density at radius 2 is 1.73 bits per heavy atom. The molecule has 0 saturated heterocycles. The molecule has 1 aromatic heterocycles. The molecule has 3 aromatic rings. The van der Waals surface area contributed by atoms with Gasteiger partial charge in [-0.05, 0) is 35.4 Å². The van der Waals surface area contributed by atoms with Crippen molar-refractivity contribution in [1.29, 1.82) is 0 Å². The van der Waals surface area contributed by atoms with E-state index in [1.165, 1.54) is 25.3 Å². The number of aliphatic hydroxyl groups is 1. The molecule has 0 aliphatic rings. The number of hydrogen-bond donors (Lipinski definition) is 2. The Morgan fingerprint density at radius 1 is 1.04 bits per heavy atom. The molecule has 3 rings (SSSR count). The summed E-state index contributed by atoms with van der Waals surface area (Å²) >= 11 is 0. The molecule has 0 spiro atoms. The van der Waals surface area contributed by atoms with Crippen LogP contribution in [-0.4, -0.2) is 12.2 Å². The van der Waals surface area contributed by atoms with E-state index >= 15 is 0 Å². The van der Waals surface area contributed by atoms with Gasteiger partial charge in [0.25, 0.3) is 0 Å². The van der Waals surface area contributed by atoms with Crippen LogP contribution in [0.3, 0.4) is 0 Å². The summed E-state index contributed by atoms with van der Waals surface area (Å²) in [5, 5.41) is 12.2. The molecule has 0 aliphatic heterocycles. The van der Waals surface area contributed by atoms with Gasteiger partial charge >= 0.3 is 0 Å². The van der Waals surface area contributed by atoms with Crippen LogP contribution in [0.25, 0.3) is 11.1 Å². The molecule has 134 valence electrons. The normalized spacial score (nSPS) is 10.6. The number of nitrogens with one attached hydrogen (secondary N) is 1. The van der Waals surface area contributed by atoms with E-state index in [9.17, 15) is 9.18 Å². The van der Waals surface area contributed by atoms with Gasteiger partial charge in [-0.25, -0.2) is 4.39 Å². The number of rotatable bonds is 6. The summed E-state index contributed by atoms with van der Waals surface area (Å²) < 4.78 is 24.1. The lowest BCUT2D eigenvalue weighted by Gasteiger charge is -2.09. The summed E-state index contributed by atoms with van der Waals surface area (Å²) in [6.07, 6.45) is 0. The maximum atomic E-state index is 13.8. The van der Waals surface area contributed by atoms with Crippen LogP contribution in [0.2, 0.25) is 0 Å². The van der Waals surface area contributed by atoms with E-state index in [0.717, 1.165) is 16.8 Å². The molecular formula is C20H18FNO4. The van der Waals surface area contributed by atoms with Crippen molar-refractivity contribution < 1.29 is 18.7 Å². The van der Waals surface area contributed by atoms with Crippen LogP contribution in [0.15, 0.2) is 63.8 Å². The van der Waals surface area contributed by atoms with Crippen molar-refractivity contribution in [2.24, 2.45) is 0 Å². The average Bonchev–Trinajstić information content (AvgIpc) is 2.66. The lowest BCUT2D eigenvalue weighted by Crippen LogP contribution is -2.06. The van der Waals surface area contributed by atoms with Gasteiger partial charge in [-0.15, -0.1) is 0 Å². The minimum Gasteiger partial charge on any atom is -0.494 e. The third kappa shape index (κ3) is 4.10. The van der Waals surface area contributed by atoms with Gasteiger partial charge in [-0.3, -0.25) is 4.79 Å². The zero-order valence-corrected chi connectivity index (χ0v) is 14.2. The van der Waals surface area contributed by atoms with Gasteiger partial charge in [0.05, 0.1) is 13.7 Å². The van der Waals surface area contributed by atoms with E-state index in [1.807, 2.05) is 24.3 Å². The summed E-state index contributed by atoms with van der Waals surface area (Å²) in [5.41, 5.74) is 2.22. The third-order valence-electron chi connectivity index (χ3n) is 3.86. The Bertz CT molecular complexity index is 951. The van der Waals surface area contributed by atoms with E-state index in [4.69, 9.17) is 14.3 Å². The molecule has 0 radical (unpaired) electrons. The highest BCUT2D eigenvalue weighted by atomic mass is 19.1. The van der Waals surface area contributed by atoms with Gasteiger partial charge in [0.1, 0.15) is 18.1 Å². The fraction of sp³-hybridized carbons (Fsp3) is 0.150. The zero-order chi connectivity index (χ0) is 18.5. The maximum absolute atomic E-state index is 13.8. The van der Waals surface area contributed by atoms with Gasteiger partial charge in [0.2, 0.25) is 0 Å². The molecule has 0 bridgehead atoms. The summed E-state index contributed by atoms with van der Waals surface area (Å²) in [4.78, 5) is 11.5. The van der Waals surface area contributed by atoms with Crippen LogP contribution in [-0.2, 0) is 13.2 Å². The lowest BCUT2D eigenvalue weighted by atomic mass is 10.0. The first-order valence-electron chi connectivity index (χ1n) is 8.00. The van der Waals surface area contributed by atoms with Crippen LogP contribution in [0, 0.1) is 5.82 Å². The fourth-order valence-electron chi connectivity index (χ4n) is 2.57. The standard InChI is InChI=1S/C20H18FNO4/c1-25-20-7-4-14(8-19(20)21)13-2-5-15(6-3-13)22-11-17-9-16(24)10-18(12-23)26-17/h2-10,22-23H,11-12H2,1H3. The average molecular weight is 355 g/mol. The first kappa shape index (κ1) is 17.7. The maximum Gasteiger partial charge on any atom is 0.185 e. The Kier molecular flexibility index (Phi) is 5.34. The van der Waals surface area contributed by atoms with Gasteiger partial charge in [-0.1, -0.05) is 18.2 Å². The molecule has 0 amide bonds. The molecule has 2 aromatic carbocycles.